The number of aromatic nitrogens is 2. The molecule has 6 nitrogen and oxygen atoms in total. The molecule has 0 bridgehead atoms. The second kappa shape index (κ2) is 5.94. The Morgan fingerprint density at radius 3 is 2.89 bits per heavy atom. The Labute approximate surface area is 156 Å². The van der Waals surface area contributed by atoms with E-state index in [0.29, 0.717) is 37.2 Å². The molecule has 2 aliphatic rings. The average molecular weight is 361 g/mol. The number of carbonyl (C=O) groups is 2. The van der Waals surface area contributed by atoms with Crippen LogP contribution in [0.15, 0.2) is 54.9 Å². The molecule has 2 aliphatic heterocycles. The first-order valence-electron chi connectivity index (χ1n) is 9.12. The molecule has 136 valence electrons. The van der Waals surface area contributed by atoms with Crippen LogP contribution in [0.2, 0.25) is 0 Å². The molecule has 0 saturated carbocycles. The van der Waals surface area contributed by atoms with Gasteiger partial charge in [0, 0.05) is 13.0 Å². The lowest BCUT2D eigenvalue weighted by atomic mass is 9.89. The van der Waals surface area contributed by atoms with Crippen molar-refractivity contribution in [2.24, 2.45) is 0 Å². The molecule has 5 rings (SSSR count). The van der Waals surface area contributed by atoms with Gasteiger partial charge in [0.2, 0.25) is 5.91 Å². The molecule has 0 aliphatic carbocycles. The summed E-state index contributed by atoms with van der Waals surface area (Å²) >= 11 is 0. The standard InChI is InChI=1S/C21H19N3O3/c25-18-11-21(27-19-8-4-1-5-15(18)19)9-10-23(13-21)20(26)12-24-14-22-16-6-2-3-7-17(16)24/h1-8,14H,9-13H2. The number of carbonyl (C=O) groups excluding carboxylic acids is 2. The van der Waals surface area contributed by atoms with E-state index in [0.717, 1.165) is 11.0 Å². The summed E-state index contributed by atoms with van der Waals surface area (Å²) in [6.07, 6.45) is 2.69. The molecule has 1 spiro atoms. The Bertz CT molecular complexity index is 1060. The fourth-order valence-electron chi connectivity index (χ4n) is 4.11. The Morgan fingerprint density at radius 1 is 1.15 bits per heavy atom. The number of likely N-dealkylation sites (tertiary alicyclic amines) is 1. The Hall–Kier alpha value is -3.15. The van der Waals surface area contributed by atoms with E-state index in [-0.39, 0.29) is 18.2 Å². The summed E-state index contributed by atoms with van der Waals surface area (Å²) in [6.45, 7) is 1.28. The van der Waals surface area contributed by atoms with Crippen molar-refractivity contribution < 1.29 is 14.3 Å². The number of amides is 1. The van der Waals surface area contributed by atoms with Crippen LogP contribution in [0.1, 0.15) is 23.2 Å². The monoisotopic (exact) mass is 361 g/mol. The van der Waals surface area contributed by atoms with Crippen molar-refractivity contribution in [3.63, 3.8) is 0 Å². The molecule has 3 heterocycles. The molecular formula is C21H19N3O3. The first kappa shape index (κ1) is 16.1. The van der Waals surface area contributed by atoms with Gasteiger partial charge < -0.3 is 14.2 Å². The summed E-state index contributed by atoms with van der Waals surface area (Å²) in [7, 11) is 0. The van der Waals surface area contributed by atoms with Crippen molar-refractivity contribution >= 4 is 22.7 Å². The van der Waals surface area contributed by atoms with Gasteiger partial charge >= 0.3 is 0 Å². The van der Waals surface area contributed by atoms with Crippen LogP contribution in [0, 0.1) is 0 Å². The lowest BCUT2D eigenvalue weighted by Gasteiger charge is -2.34. The second-order valence-corrected chi connectivity index (χ2v) is 7.31. The van der Waals surface area contributed by atoms with Crippen LogP contribution in [0.5, 0.6) is 5.75 Å². The highest BCUT2D eigenvalue weighted by molar-refractivity contribution is 6.00. The van der Waals surface area contributed by atoms with Crippen LogP contribution in [0.4, 0.5) is 0 Å². The number of para-hydroxylation sites is 3. The summed E-state index contributed by atoms with van der Waals surface area (Å²) in [6, 6.07) is 15.1. The van der Waals surface area contributed by atoms with Gasteiger partial charge in [-0.3, -0.25) is 9.59 Å². The van der Waals surface area contributed by atoms with E-state index in [1.807, 2.05) is 47.0 Å². The normalized spacial score (nSPS) is 21.5. The second-order valence-electron chi connectivity index (χ2n) is 7.31. The number of hydrogen-bond donors (Lipinski definition) is 0. The van der Waals surface area contributed by atoms with E-state index in [2.05, 4.69) is 4.98 Å². The van der Waals surface area contributed by atoms with Crippen LogP contribution in [0.3, 0.4) is 0 Å². The number of hydrogen-bond acceptors (Lipinski definition) is 4. The van der Waals surface area contributed by atoms with Crippen molar-refractivity contribution in [3.05, 3.63) is 60.4 Å². The fourth-order valence-corrected chi connectivity index (χ4v) is 4.11. The van der Waals surface area contributed by atoms with Crippen molar-refractivity contribution in [1.29, 1.82) is 0 Å². The molecule has 0 radical (unpaired) electrons. The summed E-state index contributed by atoms with van der Waals surface area (Å²) in [5, 5.41) is 0. The number of rotatable bonds is 2. The van der Waals surface area contributed by atoms with Gasteiger partial charge in [-0.1, -0.05) is 24.3 Å². The molecule has 1 amide bonds. The predicted octanol–water partition coefficient (Wildman–Crippen LogP) is 2.67. The minimum Gasteiger partial charge on any atom is -0.484 e. The molecule has 27 heavy (non-hydrogen) atoms. The topological polar surface area (TPSA) is 64.4 Å². The smallest absolute Gasteiger partial charge is 0.242 e. The molecule has 2 aromatic carbocycles. The van der Waals surface area contributed by atoms with E-state index in [1.54, 1.807) is 17.3 Å². The number of ether oxygens (including phenoxy) is 1. The zero-order chi connectivity index (χ0) is 18.4. The number of ketones is 1. The third kappa shape index (κ3) is 2.68. The number of nitrogens with zero attached hydrogens (tertiary/aromatic N) is 3. The summed E-state index contributed by atoms with van der Waals surface area (Å²) in [4.78, 5) is 31.5. The zero-order valence-electron chi connectivity index (χ0n) is 14.8. The van der Waals surface area contributed by atoms with E-state index in [9.17, 15) is 9.59 Å². The third-order valence-electron chi connectivity index (χ3n) is 5.50. The summed E-state index contributed by atoms with van der Waals surface area (Å²) in [5.41, 5.74) is 1.86. The largest absolute Gasteiger partial charge is 0.484 e. The van der Waals surface area contributed by atoms with Crippen LogP contribution in [0.25, 0.3) is 11.0 Å². The molecule has 1 unspecified atom stereocenters. The molecule has 1 saturated heterocycles. The number of Topliss-reactive ketones (excluding diaryl/α,β-unsaturated/α-hetero) is 1. The van der Waals surface area contributed by atoms with E-state index < -0.39 is 5.60 Å². The van der Waals surface area contributed by atoms with Crippen LogP contribution in [-0.4, -0.2) is 44.8 Å². The lowest BCUT2D eigenvalue weighted by Crippen LogP contribution is -2.45. The molecule has 3 aromatic rings. The highest BCUT2D eigenvalue weighted by Gasteiger charge is 2.46. The van der Waals surface area contributed by atoms with Gasteiger partial charge in [-0.05, 0) is 24.3 Å². The highest BCUT2D eigenvalue weighted by Crippen LogP contribution is 2.38. The minimum atomic E-state index is -0.599. The molecule has 0 N–H and O–H groups in total. The van der Waals surface area contributed by atoms with Crippen LogP contribution in [-0.2, 0) is 11.3 Å². The van der Waals surface area contributed by atoms with Gasteiger partial charge in [-0.15, -0.1) is 0 Å². The average Bonchev–Trinajstić information content (AvgIpc) is 3.27. The Balaban J connectivity index is 1.34. The molecular weight excluding hydrogens is 342 g/mol. The van der Waals surface area contributed by atoms with Gasteiger partial charge in [0.05, 0.1) is 35.9 Å². The van der Waals surface area contributed by atoms with Gasteiger partial charge in [-0.2, -0.15) is 0 Å². The van der Waals surface area contributed by atoms with Crippen LogP contribution >= 0.6 is 0 Å². The third-order valence-corrected chi connectivity index (χ3v) is 5.50. The maximum absolute atomic E-state index is 12.8. The van der Waals surface area contributed by atoms with E-state index >= 15 is 0 Å². The van der Waals surface area contributed by atoms with E-state index in [4.69, 9.17) is 4.74 Å². The number of imidazole rings is 1. The molecule has 1 aromatic heterocycles. The fraction of sp³-hybridized carbons (Fsp3) is 0.286. The Kier molecular flexibility index (Phi) is 3.53. The minimum absolute atomic E-state index is 0.0185. The number of fused-ring (bicyclic) bond motifs is 2. The molecule has 1 atom stereocenters. The lowest BCUT2D eigenvalue weighted by molar-refractivity contribution is -0.131. The van der Waals surface area contributed by atoms with Gasteiger partial charge in [0.15, 0.2) is 5.78 Å². The highest BCUT2D eigenvalue weighted by atomic mass is 16.5. The van der Waals surface area contributed by atoms with Crippen molar-refractivity contribution in [2.45, 2.75) is 25.0 Å². The van der Waals surface area contributed by atoms with E-state index in [1.165, 1.54) is 0 Å². The number of benzene rings is 2. The quantitative estimate of drug-likeness (QED) is 0.704. The molecule has 6 heteroatoms. The van der Waals surface area contributed by atoms with Gasteiger partial charge in [0.25, 0.3) is 0 Å². The van der Waals surface area contributed by atoms with Crippen molar-refractivity contribution in [2.75, 3.05) is 13.1 Å². The Morgan fingerprint density at radius 2 is 1.96 bits per heavy atom. The first-order valence-corrected chi connectivity index (χ1v) is 9.12. The summed E-state index contributed by atoms with van der Waals surface area (Å²) in [5.74, 6) is 0.736. The predicted molar refractivity (Wildman–Crippen MR) is 99.7 cm³/mol. The van der Waals surface area contributed by atoms with Crippen molar-refractivity contribution in [1.82, 2.24) is 14.5 Å². The van der Waals surface area contributed by atoms with Crippen LogP contribution < -0.4 is 4.74 Å². The maximum Gasteiger partial charge on any atom is 0.242 e. The summed E-state index contributed by atoms with van der Waals surface area (Å²) < 4.78 is 8.07. The molecule has 1 fully saturated rings. The van der Waals surface area contributed by atoms with Gasteiger partial charge in [-0.25, -0.2) is 4.98 Å². The maximum atomic E-state index is 12.8. The first-order chi connectivity index (χ1) is 13.1. The SMILES string of the molecule is O=C1CC2(CCN(C(=O)Cn3cnc4ccccc43)C2)Oc2ccccc21. The van der Waals surface area contributed by atoms with Gasteiger partial charge in [0.1, 0.15) is 17.9 Å². The van der Waals surface area contributed by atoms with Crippen molar-refractivity contribution in [3.8, 4) is 5.75 Å². The zero-order valence-corrected chi connectivity index (χ0v) is 14.8.